The minimum atomic E-state index is -4.50. The average Bonchev–Trinajstić information content (AvgIpc) is 2.62. The molecule has 1 aliphatic rings. The molecule has 1 heterocycles. The number of nitrogens with zero attached hydrogens (tertiary/aromatic N) is 1. The van der Waals surface area contributed by atoms with Crippen molar-refractivity contribution in [1.82, 2.24) is 4.90 Å². The summed E-state index contributed by atoms with van der Waals surface area (Å²) in [4.78, 5) is 13.9. The number of amides is 1. The van der Waals surface area contributed by atoms with Crippen LogP contribution in [0.2, 0.25) is 5.02 Å². The van der Waals surface area contributed by atoms with E-state index in [-0.39, 0.29) is 16.6 Å². The lowest BCUT2D eigenvalue weighted by Gasteiger charge is -2.21. The van der Waals surface area contributed by atoms with Crippen LogP contribution in [0.25, 0.3) is 0 Å². The van der Waals surface area contributed by atoms with Gasteiger partial charge in [-0.05, 0) is 37.5 Å². The van der Waals surface area contributed by atoms with Gasteiger partial charge in [0.05, 0.1) is 16.1 Å². The highest BCUT2D eigenvalue weighted by atomic mass is 35.5. The Kier molecular flexibility index (Phi) is 4.78. The van der Waals surface area contributed by atoms with Crippen LogP contribution in [0.5, 0.6) is 0 Å². The maximum absolute atomic E-state index is 12.7. The molecule has 1 amide bonds. The lowest BCUT2D eigenvalue weighted by atomic mass is 10.1. The number of nitrogens with two attached hydrogens (primary N) is 1. The van der Waals surface area contributed by atoms with Crippen molar-refractivity contribution in [3.63, 3.8) is 0 Å². The van der Waals surface area contributed by atoms with Crippen molar-refractivity contribution in [1.29, 1.82) is 0 Å². The van der Waals surface area contributed by atoms with Gasteiger partial charge in [-0.15, -0.1) is 0 Å². The van der Waals surface area contributed by atoms with Crippen molar-refractivity contribution in [3.05, 3.63) is 34.3 Å². The lowest BCUT2D eigenvalue weighted by molar-refractivity contribution is -0.137. The van der Waals surface area contributed by atoms with Crippen LogP contribution in [0.1, 0.15) is 35.2 Å². The Morgan fingerprint density at radius 3 is 2.67 bits per heavy atom. The van der Waals surface area contributed by atoms with E-state index < -0.39 is 17.6 Å². The molecule has 1 saturated heterocycles. The quantitative estimate of drug-likeness (QED) is 0.863. The molecule has 21 heavy (non-hydrogen) atoms. The van der Waals surface area contributed by atoms with Crippen LogP contribution in [0.3, 0.4) is 0 Å². The molecule has 1 aromatic carbocycles. The van der Waals surface area contributed by atoms with E-state index in [9.17, 15) is 18.0 Å². The Labute approximate surface area is 125 Å². The minimum absolute atomic E-state index is 0.0276. The van der Waals surface area contributed by atoms with Crippen LogP contribution in [0.15, 0.2) is 18.2 Å². The fourth-order valence-corrected chi connectivity index (χ4v) is 2.56. The van der Waals surface area contributed by atoms with Crippen molar-refractivity contribution in [2.24, 2.45) is 5.73 Å². The summed E-state index contributed by atoms with van der Waals surface area (Å²) >= 11 is 5.89. The first-order valence-corrected chi connectivity index (χ1v) is 7.08. The summed E-state index contributed by atoms with van der Waals surface area (Å²) in [5.41, 5.74) is 4.85. The van der Waals surface area contributed by atoms with Gasteiger partial charge in [-0.1, -0.05) is 11.6 Å². The third kappa shape index (κ3) is 3.89. The number of likely N-dealkylation sites (tertiary alicyclic amines) is 1. The molecule has 7 heteroatoms. The first-order chi connectivity index (χ1) is 9.79. The van der Waals surface area contributed by atoms with Crippen LogP contribution in [-0.4, -0.2) is 29.9 Å². The van der Waals surface area contributed by atoms with Crippen molar-refractivity contribution < 1.29 is 18.0 Å². The molecule has 116 valence electrons. The summed E-state index contributed by atoms with van der Waals surface area (Å²) in [5.74, 6) is -0.472. The molecule has 1 atom stereocenters. The van der Waals surface area contributed by atoms with Crippen LogP contribution >= 0.6 is 11.6 Å². The average molecular weight is 321 g/mol. The second-order valence-corrected chi connectivity index (χ2v) is 5.58. The Bertz CT molecular complexity index is 533. The first kappa shape index (κ1) is 16.1. The molecule has 0 radical (unpaired) electrons. The molecule has 1 fully saturated rings. The van der Waals surface area contributed by atoms with E-state index in [1.165, 1.54) is 4.90 Å². The van der Waals surface area contributed by atoms with Gasteiger partial charge >= 0.3 is 6.18 Å². The second-order valence-electron chi connectivity index (χ2n) is 5.18. The predicted octanol–water partition coefficient (Wildman–Crippen LogP) is 3.31. The number of hydrogen-bond acceptors (Lipinski definition) is 2. The number of hydrogen-bond donors (Lipinski definition) is 1. The fourth-order valence-electron chi connectivity index (χ4n) is 2.36. The molecular formula is C14H16ClF3N2O. The van der Waals surface area contributed by atoms with Gasteiger partial charge in [-0.2, -0.15) is 13.2 Å². The van der Waals surface area contributed by atoms with Crippen molar-refractivity contribution in [2.45, 2.75) is 31.5 Å². The van der Waals surface area contributed by atoms with Gasteiger partial charge in [0.15, 0.2) is 0 Å². The summed E-state index contributed by atoms with van der Waals surface area (Å²) in [7, 11) is 0. The van der Waals surface area contributed by atoms with Crippen LogP contribution in [-0.2, 0) is 6.18 Å². The lowest BCUT2D eigenvalue weighted by Crippen LogP contribution is -2.33. The van der Waals surface area contributed by atoms with E-state index in [2.05, 4.69) is 0 Å². The predicted molar refractivity (Wildman–Crippen MR) is 74.2 cm³/mol. The Hall–Kier alpha value is -1.27. The topological polar surface area (TPSA) is 46.3 Å². The highest BCUT2D eigenvalue weighted by Crippen LogP contribution is 2.32. The van der Waals surface area contributed by atoms with E-state index in [0.717, 1.165) is 31.0 Å². The second kappa shape index (κ2) is 6.23. The van der Waals surface area contributed by atoms with Gasteiger partial charge in [0.1, 0.15) is 0 Å². The monoisotopic (exact) mass is 320 g/mol. The number of alkyl halides is 3. The molecule has 0 aromatic heterocycles. The maximum atomic E-state index is 12.7. The normalized spacial score (nSPS) is 20.2. The number of carbonyl (C=O) groups excluding carboxylic acids is 1. The standard InChI is InChI=1S/C14H16ClF3N2O/c15-12-4-3-9(14(16,17)18)8-11(12)13(21)20-6-1-2-10(19)5-7-20/h3-4,8,10H,1-2,5-7,19H2/t10-/m1/s1. The molecule has 0 bridgehead atoms. The van der Waals surface area contributed by atoms with Crippen LogP contribution < -0.4 is 5.73 Å². The molecule has 0 saturated carbocycles. The van der Waals surface area contributed by atoms with Crippen LogP contribution in [0, 0.1) is 0 Å². The molecule has 0 aliphatic carbocycles. The number of carbonyl (C=O) groups is 1. The maximum Gasteiger partial charge on any atom is 0.416 e. The zero-order chi connectivity index (χ0) is 15.6. The van der Waals surface area contributed by atoms with Gasteiger partial charge in [-0.3, -0.25) is 4.79 Å². The summed E-state index contributed by atoms with van der Waals surface area (Å²) in [6, 6.07) is 2.83. The smallest absolute Gasteiger partial charge is 0.339 e. The van der Waals surface area contributed by atoms with Crippen molar-refractivity contribution in [2.75, 3.05) is 13.1 Å². The summed E-state index contributed by atoms with van der Waals surface area (Å²) < 4.78 is 38.2. The number of rotatable bonds is 1. The summed E-state index contributed by atoms with van der Waals surface area (Å²) in [6.45, 7) is 0.922. The van der Waals surface area contributed by atoms with E-state index in [4.69, 9.17) is 17.3 Å². The van der Waals surface area contributed by atoms with Gasteiger partial charge in [-0.25, -0.2) is 0 Å². The fraction of sp³-hybridized carbons (Fsp3) is 0.500. The Morgan fingerprint density at radius 1 is 1.29 bits per heavy atom. The van der Waals surface area contributed by atoms with Gasteiger partial charge < -0.3 is 10.6 Å². The molecule has 2 N–H and O–H groups in total. The zero-order valence-electron chi connectivity index (χ0n) is 11.3. The Balaban J connectivity index is 2.26. The SMILES string of the molecule is N[C@@H]1CCCN(C(=O)c2cc(C(F)(F)F)ccc2Cl)CC1. The molecule has 0 spiro atoms. The van der Waals surface area contributed by atoms with E-state index in [1.54, 1.807) is 0 Å². The number of benzene rings is 1. The van der Waals surface area contributed by atoms with Gasteiger partial charge in [0.25, 0.3) is 5.91 Å². The van der Waals surface area contributed by atoms with Gasteiger partial charge in [0, 0.05) is 19.1 Å². The highest BCUT2D eigenvalue weighted by Gasteiger charge is 2.32. The Morgan fingerprint density at radius 2 is 2.00 bits per heavy atom. The molecule has 3 nitrogen and oxygen atoms in total. The van der Waals surface area contributed by atoms with Crippen LogP contribution in [0.4, 0.5) is 13.2 Å². The molecule has 1 aliphatic heterocycles. The van der Waals surface area contributed by atoms with E-state index >= 15 is 0 Å². The van der Waals surface area contributed by atoms with E-state index in [1.807, 2.05) is 0 Å². The molecule has 2 rings (SSSR count). The van der Waals surface area contributed by atoms with Crippen molar-refractivity contribution in [3.8, 4) is 0 Å². The highest BCUT2D eigenvalue weighted by molar-refractivity contribution is 6.33. The molecule has 1 aromatic rings. The summed E-state index contributed by atoms with van der Waals surface area (Å²) in [6.07, 6.45) is -2.31. The molecule has 0 unspecified atom stereocenters. The minimum Gasteiger partial charge on any atom is -0.339 e. The largest absolute Gasteiger partial charge is 0.416 e. The van der Waals surface area contributed by atoms with E-state index in [0.29, 0.717) is 19.5 Å². The first-order valence-electron chi connectivity index (χ1n) is 6.70. The summed E-state index contributed by atoms with van der Waals surface area (Å²) in [5, 5.41) is 0.0292. The van der Waals surface area contributed by atoms with Gasteiger partial charge in [0.2, 0.25) is 0 Å². The third-order valence-corrected chi connectivity index (χ3v) is 3.91. The zero-order valence-corrected chi connectivity index (χ0v) is 12.0. The van der Waals surface area contributed by atoms with Crippen molar-refractivity contribution >= 4 is 17.5 Å². The molecular weight excluding hydrogens is 305 g/mol. The third-order valence-electron chi connectivity index (χ3n) is 3.58. The number of halogens is 4.